The van der Waals surface area contributed by atoms with Crippen LogP contribution in [0.2, 0.25) is 0 Å². The number of aromatic nitrogens is 1. The SMILES string of the molecule is Cc1cccc(NS(=O)(=O)c2ccc(-c3ccc(O)cc3)cc2)n1. The minimum atomic E-state index is -3.69. The summed E-state index contributed by atoms with van der Waals surface area (Å²) in [5.74, 6) is 0.477. The van der Waals surface area contributed by atoms with Gasteiger partial charge in [0.25, 0.3) is 10.0 Å². The lowest BCUT2D eigenvalue weighted by Crippen LogP contribution is -2.14. The molecule has 0 aliphatic carbocycles. The van der Waals surface area contributed by atoms with Gasteiger partial charge in [-0.25, -0.2) is 13.4 Å². The molecule has 3 aromatic rings. The van der Waals surface area contributed by atoms with Gasteiger partial charge < -0.3 is 5.11 Å². The van der Waals surface area contributed by atoms with Gasteiger partial charge in [0, 0.05) is 5.69 Å². The van der Waals surface area contributed by atoms with E-state index in [0.717, 1.165) is 16.8 Å². The van der Waals surface area contributed by atoms with Crippen molar-refractivity contribution >= 4 is 15.8 Å². The van der Waals surface area contributed by atoms with Crippen LogP contribution in [-0.2, 0) is 10.0 Å². The van der Waals surface area contributed by atoms with Crippen LogP contribution in [0.3, 0.4) is 0 Å². The second kappa shape index (κ2) is 6.33. The van der Waals surface area contributed by atoms with Crippen molar-refractivity contribution < 1.29 is 13.5 Å². The minimum Gasteiger partial charge on any atom is -0.508 e. The van der Waals surface area contributed by atoms with Crippen LogP contribution in [0.15, 0.2) is 71.6 Å². The smallest absolute Gasteiger partial charge is 0.263 e. The van der Waals surface area contributed by atoms with E-state index in [2.05, 4.69) is 9.71 Å². The monoisotopic (exact) mass is 340 g/mol. The number of hydrogen-bond donors (Lipinski definition) is 2. The van der Waals surface area contributed by atoms with Gasteiger partial charge in [-0.05, 0) is 54.4 Å². The topological polar surface area (TPSA) is 79.3 Å². The Morgan fingerprint density at radius 2 is 1.46 bits per heavy atom. The van der Waals surface area contributed by atoms with Crippen LogP contribution in [0, 0.1) is 6.92 Å². The first-order valence-electron chi connectivity index (χ1n) is 7.30. The third-order valence-electron chi connectivity index (χ3n) is 3.49. The quantitative estimate of drug-likeness (QED) is 0.761. The fourth-order valence-electron chi connectivity index (χ4n) is 2.28. The summed E-state index contributed by atoms with van der Waals surface area (Å²) in [5, 5.41) is 9.32. The van der Waals surface area contributed by atoms with E-state index in [1.165, 1.54) is 0 Å². The first kappa shape index (κ1) is 16.0. The molecule has 3 rings (SSSR count). The van der Waals surface area contributed by atoms with Crippen molar-refractivity contribution in [1.82, 2.24) is 4.98 Å². The van der Waals surface area contributed by atoms with Gasteiger partial charge >= 0.3 is 0 Å². The molecular formula is C18H16N2O3S. The van der Waals surface area contributed by atoms with Gasteiger partial charge in [0.2, 0.25) is 0 Å². The van der Waals surface area contributed by atoms with Crippen LogP contribution >= 0.6 is 0 Å². The largest absolute Gasteiger partial charge is 0.508 e. The normalized spacial score (nSPS) is 11.2. The minimum absolute atomic E-state index is 0.160. The van der Waals surface area contributed by atoms with E-state index in [4.69, 9.17) is 0 Å². The lowest BCUT2D eigenvalue weighted by Gasteiger charge is -2.09. The number of nitrogens with one attached hydrogen (secondary N) is 1. The lowest BCUT2D eigenvalue weighted by atomic mass is 10.1. The predicted molar refractivity (Wildman–Crippen MR) is 93.3 cm³/mol. The van der Waals surface area contributed by atoms with Crippen molar-refractivity contribution in [2.45, 2.75) is 11.8 Å². The van der Waals surface area contributed by atoms with E-state index in [0.29, 0.717) is 0 Å². The Morgan fingerprint density at radius 1 is 0.875 bits per heavy atom. The molecule has 1 heterocycles. The molecule has 1 aromatic heterocycles. The van der Waals surface area contributed by atoms with Gasteiger partial charge in [-0.15, -0.1) is 0 Å². The maximum absolute atomic E-state index is 12.4. The average Bonchev–Trinajstić information content (AvgIpc) is 2.55. The molecule has 2 aromatic carbocycles. The maximum atomic E-state index is 12.4. The van der Waals surface area contributed by atoms with Crippen molar-refractivity contribution in [3.63, 3.8) is 0 Å². The fraction of sp³-hybridized carbons (Fsp3) is 0.0556. The number of hydrogen-bond acceptors (Lipinski definition) is 4. The number of rotatable bonds is 4. The Morgan fingerprint density at radius 3 is 2.04 bits per heavy atom. The van der Waals surface area contributed by atoms with Gasteiger partial charge in [0.05, 0.1) is 4.90 Å². The summed E-state index contributed by atoms with van der Waals surface area (Å²) in [4.78, 5) is 4.30. The standard InChI is InChI=1S/C18H16N2O3S/c1-13-3-2-4-18(19-13)20-24(22,23)17-11-7-15(8-12-17)14-5-9-16(21)10-6-14/h2-12,21H,1H3,(H,19,20). The number of benzene rings is 2. The highest BCUT2D eigenvalue weighted by Gasteiger charge is 2.15. The van der Waals surface area contributed by atoms with Crippen molar-refractivity contribution in [3.05, 3.63) is 72.4 Å². The Balaban J connectivity index is 1.85. The van der Waals surface area contributed by atoms with E-state index in [9.17, 15) is 13.5 Å². The predicted octanol–water partition coefficient (Wildman–Crippen LogP) is 3.56. The van der Waals surface area contributed by atoms with E-state index in [1.54, 1.807) is 73.7 Å². The lowest BCUT2D eigenvalue weighted by molar-refractivity contribution is 0.475. The Kier molecular flexibility index (Phi) is 4.22. The first-order chi connectivity index (χ1) is 11.4. The molecule has 0 bridgehead atoms. The molecule has 0 spiro atoms. The molecule has 122 valence electrons. The van der Waals surface area contributed by atoms with Crippen LogP contribution < -0.4 is 4.72 Å². The van der Waals surface area contributed by atoms with Gasteiger partial charge in [-0.1, -0.05) is 30.3 Å². The highest BCUT2D eigenvalue weighted by molar-refractivity contribution is 7.92. The molecule has 0 atom stereocenters. The molecule has 24 heavy (non-hydrogen) atoms. The molecule has 0 aliphatic heterocycles. The molecular weight excluding hydrogens is 324 g/mol. The van der Waals surface area contributed by atoms with Crippen LogP contribution in [0.1, 0.15) is 5.69 Å². The second-order valence-corrected chi connectivity index (χ2v) is 7.02. The highest BCUT2D eigenvalue weighted by atomic mass is 32.2. The number of phenolic OH excluding ortho intramolecular Hbond substituents is 1. The number of nitrogens with zero attached hydrogens (tertiary/aromatic N) is 1. The van der Waals surface area contributed by atoms with Gasteiger partial charge in [-0.3, -0.25) is 4.72 Å². The Labute approximate surface area is 140 Å². The number of aromatic hydroxyl groups is 1. The molecule has 2 N–H and O–H groups in total. The zero-order valence-electron chi connectivity index (χ0n) is 13.0. The summed E-state index contributed by atoms with van der Waals surface area (Å²) in [6, 6.07) is 18.4. The third kappa shape index (κ3) is 3.55. The molecule has 0 fully saturated rings. The van der Waals surface area contributed by atoms with Crippen LogP contribution in [0.5, 0.6) is 5.75 Å². The van der Waals surface area contributed by atoms with E-state index in [1.807, 2.05) is 0 Å². The number of sulfonamides is 1. The molecule has 5 nitrogen and oxygen atoms in total. The fourth-order valence-corrected chi connectivity index (χ4v) is 3.28. The van der Waals surface area contributed by atoms with E-state index < -0.39 is 10.0 Å². The van der Waals surface area contributed by atoms with E-state index in [-0.39, 0.29) is 16.5 Å². The van der Waals surface area contributed by atoms with Gasteiger partial charge in [0.15, 0.2) is 0 Å². The third-order valence-corrected chi connectivity index (χ3v) is 4.86. The molecule has 0 aliphatic rings. The molecule has 0 saturated carbocycles. The summed E-state index contributed by atoms with van der Waals surface area (Å²) >= 11 is 0. The average molecular weight is 340 g/mol. The molecule has 0 unspecified atom stereocenters. The summed E-state index contributed by atoms with van der Waals surface area (Å²) in [6.07, 6.45) is 0. The van der Waals surface area contributed by atoms with Crippen LogP contribution in [0.4, 0.5) is 5.82 Å². The summed E-state index contributed by atoms with van der Waals surface area (Å²) < 4.78 is 27.3. The second-order valence-electron chi connectivity index (χ2n) is 5.34. The molecule has 6 heteroatoms. The first-order valence-corrected chi connectivity index (χ1v) is 8.78. The van der Waals surface area contributed by atoms with Crippen molar-refractivity contribution in [2.24, 2.45) is 0 Å². The van der Waals surface area contributed by atoms with Gasteiger partial charge in [-0.2, -0.15) is 0 Å². The Bertz CT molecular complexity index is 950. The zero-order chi connectivity index (χ0) is 17.2. The Hall–Kier alpha value is -2.86. The van der Waals surface area contributed by atoms with E-state index >= 15 is 0 Å². The van der Waals surface area contributed by atoms with Gasteiger partial charge in [0.1, 0.15) is 11.6 Å². The molecule has 0 radical (unpaired) electrons. The zero-order valence-corrected chi connectivity index (χ0v) is 13.8. The number of aryl methyl sites for hydroxylation is 1. The maximum Gasteiger partial charge on any atom is 0.263 e. The molecule has 0 saturated heterocycles. The highest BCUT2D eigenvalue weighted by Crippen LogP contribution is 2.24. The van der Waals surface area contributed by atoms with Crippen molar-refractivity contribution in [1.29, 1.82) is 0 Å². The van der Waals surface area contributed by atoms with Crippen LogP contribution in [-0.4, -0.2) is 18.5 Å². The van der Waals surface area contributed by atoms with Crippen molar-refractivity contribution in [2.75, 3.05) is 4.72 Å². The van der Waals surface area contributed by atoms with Crippen molar-refractivity contribution in [3.8, 4) is 16.9 Å². The summed E-state index contributed by atoms with van der Waals surface area (Å²) in [6.45, 7) is 1.80. The summed E-state index contributed by atoms with van der Waals surface area (Å²) in [7, 11) is -3.69. The number of pyridine rings is 1. The number of anilines is 1. The van der Waals surface area contributed by atoms with Crippen LogP contribution in [0.25, 0.3) is 11.1 Å². The summed E-state index contributed by atoms with van der Waals surface area (Å²) in [5.41, 5.74) is 2.49. The molecule has 0 amide bonds. The number of phenols is 1.